The first-order valence-corrected chi connectivity index (χ1v) is 11.7. The van der Waals surface area contributed by atoms with E-state index in [0.29, 0.717) is 5.69 Å². The highest BCUT2D eigenvalue weighted by molar-refractivity contribution is 7.89. The molecule has 0 bridgehead atoms. The Kier molecular flexibility index (Phi) is 7.84. The summed E-state index contributed by atoms with van der Waals surface area (Å²) in [5.74, 6) is -0.917. The largest absolute Gasteiger partial charge is 0.492 e. The van der Waals surface area contributed by atoms with Crippen LogP contribution >= 0.6 is 11.6 Å². The molecule has 1 amide bonds. The molecule has 0 aromatic heterocycles. The van der Waals surface area contributed by atoms with Gasteiger partial charge in [0.1, 0.15) is 22.5 Å². The smallest absolute Gasteiger partial charge is 0.245 e. The molecule has 6 nitrogen and oxygen atoms in total. The molecule has 0 aliphatic heterocycles. The number of anilines is 1. The first-order chi connectivity index (χ1) is 15.3. The molecule has 9 heteroatoms. The molecule has 0 fully saturated rings. The molecule has 0 spiro atoms. The molecule has 0 aliphatic rings. The minimum Gasteiger partial charge on any atom is -0.492 e. The highest BCUT2D eigenvalue weighted by Gasteiger charge is 2.28. The summed E-state index contributed by atoms with van der Waals surface area (Å²) in [5, 5.41) is 2.84. The topological polar surface area (TPSA) is 84.5 Å². The third-order valence-electron chi connectivity index (χ3n) is 4.50. The number of amides is 1. The van der Waals surface area contributed by atoms with Gasteiger partial charge in [-0.1, -0.05) is 41.9 Å². The van der Waals surface area contributed by atoms with Gasteiger partial charge < -0.3 is 10.1 Å². The summed E-state index contributed by atoms with van der Waals surface area (Å²) in [7, 11) is -4.18. The van der Waals surface area contributed by atoms with Gasteiger partial charge in [-0.3, -0.25) is 4.79 Å². The van der Waals surface area contributed by atoms with Crippen LogP contribution in [-0.2, 0) is 21.2 Å². The van der Waals surface area contributed by atoms with Crippen molar-refractivity contribution in [3.05, 3.63) is 89.2 Å². The van der Waals surface area contributed by atoms with Gasteiger partial charge in [-0.25, -0.2) is 12.8 Å². The molecule has 1 unspecified atom stereocenters. The molecule has 3 rings (SSSR count). The van der Waals surface area contributed by atoms with Crippen LogP contribution < -0.4 is 14.8 Å². The molecule has 3 aromatic carbocycles. The van der Waals surface area contributed by atoms with Crippen molar-refractivity contribution >= 4 is 33.2 Å². The average molecular weight is 477 g/mol. The van der Waals surface area contributed by atoms with Crippen LogP contribution in [0.1, 0.15) is 12.5 Å². The summed E-state index contributed by atoms with van der Waals surface area (Å²) in [5.41, 5.74) is 1.09. The zero-order chi connectivity index (χ0) is 23.1. The quantitative estimate of drug-likeness (QED) is 0.479. The molecule has 168 valence electrons. The van der Waals surface area contributed by atoms with E-state index in [1.165, 1.54) is 42.5 Å². The number of halogens is 2. The van der Waals surface area contributed by atoms with Gasteiger partial charge in [0.25, 0.3) is 0 Å². The minimum atomic E-state index is -4.18. The third kappa shape index (κ3) is 6.29. The lowest BCUT2D eigenvalue weighted by atomic mass is 10.1. The van der Waals surface area contributed by atoms with E-state index >= 15 is 0 Å². The van der Waals surface area contributed by atoms with E-state index in [9.17, 15) is 17.6 Å². The third-order valence-corrected chi connectivity index (χ3v) is 6.23. The molecule has 32 heavy (non-hydrogen) atoms. The van der Waals surface area contributed by atoms with Crippen LogP contribution in [0.15, 0.2) is 77.7 Å². The van der Waals surface area contributed by atoms with E-state index in [4.69, 9.17) is 16.3 Å². The van der Waals surface area contributed by atoms with Crippen molar-refractivity contribution in [3.63, 3.8) is 0 Å². The van der Waals surface area contributed by atoms with Gasteiger partial charge >= 0.3 is 0 Å². The van der Waals surface area contributed by atoms with Crippen molar-refractivity contribution in [3.8, 4) is 5.75 Å². The maximum absolute atomic E-state index is 13.2. The first-order valence-electron chi connectivity index (χ1n) is 9.83. The fourth-order valence-corrected chi connectivity index (χ4v) is 4.62. The maximum atomic E-state index is 13.2. The second-order valence-corrected chi connectivity index (χ2v) is 9.00. The summed E-state index contributed by atoms with van der Waals surface area (Å²) < 4.78 is 47.5. The van der Waals surface area contributed by atoms with Crippen molar-refractivity contribution in [1.29, 1.82) is 0 Å². The van der Waals surface area contributed by atoms with Gasteiger partial charge in [-0.05, 0) is 61.4 Å². The fourth-order valence-electron chi connectivity index (χ4n) is 3.02. The molecule has 1 atom stereocenters. The molecular formula is C23H22ClFN2O4S. The molecule has 0 aliphatic carbocycles. The van der Waals surface area contributed by atoms with E-state index in [0.717, 1.165) is 5.56 Å². The number of carbonyl (C=O) groups excluding carboxylic acids is 1. The van der Waals surface area contributed by atoms with Gasteiger partial charge in [0.15, 0.2) is 0 Å². The maximum Gasteiger partial charge on any atom is 0.245 e. The lowest BCUT2D eigenvalue weighted by molar-refractivity contribution is -0.117. The lowest BCUT2D eigenvalue weighted by Crippen LogP contribution is -2.45. The van der Waals surface area contributed by atoms with Gasteiger partial charge in [0.05, 0.1) is 6.61 Å². The van der Waals surface area contributed by atoms with Crippen LogP contribution in [0, 0.1) is 5.82 Å². The van der Waals surface area contributed by atoms with Crippen molar-refractivity contribution < 1.29 is 22.3 Å². The summed E-state index contributed by atoms with van der Waals surface area (Å²) in [6.45, 7) is 1.98. The molecule has 0 heterocycles. The summed E-state index contributed by atoms with van der Waals surface area (Å²) in [6.07, 6.45) is 0.0949. The predicted molar refractivity (Wildman–Crippen MR) is 122 cm³/mol. The Balaban J connectivity index is 1.91. The van der Waals surface area contributed by atoms with Crippen LogP contribution in [0.4, 0.5) is 10.1 Å². The Bertz CT molecular complexity index is 1170. The Hall–Kier alpha value is -2.94. The van der Waals surface area contributed by atoms with Crippen LogP contribution in [0.2, 0.25) is 5.02 Å². The second kappa shape index (κ2) is 10.6. The highest BCUT2D eigenvalue weighted by atomic mass is 35.5. The number of hydrogen-bond donors (Lipinski definition) is 2. The van der Waals surface area contributed by atoms with E-state index in [1.807, 2.05) is 6.07 Å². The van der Waals surface area contributed by atoms with Gasteiger partial charge in [0.2, 0.25) is 15.9 Å². The van der Waals surface area contributed by atoms with E-state index in [-0.39, 0.29) is 28.7 Å². The highest BCUT2D eigenvalue weighted by Crippen LogP contribution is 2.28. The first kappa shape index (κ1) is 23.7. The van der Waals surface area contributed by atoms with E-state index in [2.05, 4.69) is 10.0 Å². The van der Waals surface area contributed by atoms with Crippen molar-refractivity contribution in [2.24, 2.45) is 0 Å². The molecule has 0 radical (unpaired) electrons. The summed E-state index contributed by atoms with van der Waals surface area (Å²) in [4.78, 5) is 12.8. The molecule has 3 aromatic rings. The van der Waals surface area contributed by atoms with Crippen LogP contribution in [-0.4, -0.2) is 27.0 Å². The zero-order valence-corrected chi connectivity index (χ0v) is 18.8. The Morgan fingerprint density at radius 3 is 2.41 bits per heavy atom. The fraction of sp³-hybridized carbons (Fsp3) is 0.174. The van der Waals surface area contributed by atoms with Crippen LogP contribution in [0.3, 0.4) is 0 Å². The molecule has 2 N–H and O–H groups in total. The number of ether oxygens (including phenoxy) is 1. The number of rotatable bonds is 9. The van der Waals surface area contributed by atoms with Crippen molar-refractivity contribution in [2.45, 2.75) is 24.3 Å². The Labute approximate surface area is 191 Å². The normalized spacial score (nSPS) is 12.2. The standard InChI is InChI=1S/C23H22ClFN2O4S/c1-2-31-21-13-8-17(24)15-22(21)32(29,30)27-20(14-16-6-4-3-5-7-16)23(28)26-19-11-9-18(25)10-12-19/h3-13,15,20,27H,2,14H2,1H3,(H,26,28). The molecule has 0 saturated heterocycles. The Morgan fingerprint density at radius 1 is 1.06 bits per heavy atom. The second-order valence-electron chi connectivity index (χ2n) is 6.88. The van der Waals surface area contributed by atoms with Gasteiger partial charge in [-0.2, -0.15) is 4.72 Å². The van der Waals surface area contributed by atoms with Gasteiger partial charge in [0, 0.05) is 10.7 Å². The van der Waals surface area contributed by atoms with Crippen molar-refractivity contribution in [1.82, 2.24) is 4.72 Å². The van der Waals surface area contributed by atoms with E-state index in [1.54, 1.807) is 31.2 Å². The van der Waals surface area contributed by atoms with Crippen molar-refractivity contribution in [2.75, 3.05) is 11.9 Å². The lowest BCUT2D eigenvalue weighted by Gasteiger charge is -2.20. The van der Waals surface area contributed by atoms with Crippen LogP contribution in [0.25, 0.3) is 0 Å². The summed E-state index contributed by atoms with van der Waals surface area (Å²) >= 11 is 6.01. The monoisotopic (exact) mass is 476 g/mol. The molecular weight excluding hydrogens is 455 g/mol. The number of carbonyl (C=O) groups is 1. The number of nitrogens with one attached hydrogen (secondary N) is 2. The van der Waals surface area contributed by atoms with E-state index < -0.39 is 27.8 Å². The number of hydrogen-bond acceptors (Lipinski definition) is 4. The Morgan fingerprint density at radius 2 is 1.75 bits per heavy atom. The zero-order valence-electron chi connectivity index (χ0n) is 17.2. The number of sulfonamides is 1. The van der Waals surface area contributed by atoms with Crippen LogP contribution in [0.5, 0.6) is 5.75 Å². The number of benzene rings is 3. The SMILES string of the molecule is CCOc1ccc(Cl)cc1S(=O)(=O)NC(Cc1ccccc1)C(=O)Nc1ccc(F)cc1. The minimum absolute atomic E-state index is 0.0949. The average Bonchev–Trinajstić information content (AvgIpc) is 2.77. The summed E-state index contributed by atoms with van der Waals surface area (Å²) in [6, 6.07) is 17.3. The predicted octanol–water partition coefficient (Wildman–Crippen LogP) is 4.41. The molecule has 0 saturated carbocycles. The van der Waals surface area contributed by atoms with Gasteiger partial charge in [-0.15, -0.1) is 0 Å².